The molecule has 1 fully saturated rings. The molecule has 2 heterocycles. The van der Waals surface area contributed by atoms with E-state index in [-0.39, 0.29) is 17.4 Å². The van der Waals surface area contributed by atoms with Crippen molar-refractivity contribution in [3.8, 4) is 0 Å². The van der Waals surface area contributed by atoms with Gasteiger partial charge in [0.05, 0.1) is 6.10 Å². The number of nitrogens with one attached hydrogen (secondary N) is 1. The Morgan fingerprint density at radius 3 is 2.56 bits per heavy atom. The molecule has 7 nitrogen and oxygen atoms in total. The first-order valence-corrected chi connectivity index (χ1v) is 5.95. The van der Waals surface area contributed by atoms with Crippen molar-refractivity contribution in [3.63, 3.8) is 0 Å². The molecule has 2 rings (SSSR count). The summed E-state index contributed by atoms with van der Waals surface area (Å²) in [5.74, 6) is 0.412. The van der Waals surface area contributed by atoms with Crippen LogP contribution in [-0.2, 0) is 6.54 Å². The van der Waals surface area contributed by atoms with Gasteiger partial charge in [-0.15, -0.1) is 0 Å². The monoisotopic (exact) mass is 254 g/mol. The van der Waals surface area contributed by atoms with Crippen molar-refractivity contribution >= 4 is 11.5 Å². The van der Waals surface area contributed by atoms with E-state index in [9.17, 15) is 14.7 Å². The van der Waals surface area contributed by atoms with Crippen LogP contribution in [0.1, 0.15) is 13.8 Å². The molecule has 0 amide bonds. The lowest BCUT2D eigenvalue weighted by Gasteiger charge is -2.37. The molecule has 1 aliphatic rings. The van der Waals surface area contributed by atoms with Gasteiger partial charge in [0, 0.05) is 19.6 Å². The highest BCUT2D eigenvalue weighted by molar-refractivity contribution is 5.63. The lowest BCUT2D eigenvalue weighted by atomic mass is 10.1. The SMILES string of the molecule is CC(C)Cn1c(N)c(N2CC(O)C2)c(=O)[nH]c1=O. The van der Waals surface area contributed by atoms with Crippen molar-refractivity contribution < 1.29 is 5.11 Å². The summed E-state index contributed by atoms with van der Waals surface area (Å²) in [5, 5.41) is 9.27. The van der Waals surface area contributed by atoms with E-state index < -0.39 is 17.4 Å². The number of hydrogen-bond acceptors (Lipinski definition) is 5. The number of aliphatic hydroxyl groups is 1. The van der Waals surface area contributed by atoms with Gasteiger partial charge in [-0.2, -0.15) is 0 Å². The zero-order valence-corrected chi connectivity index (χ0v) is 10.5. The van der Waals surface area contributed by atoms with Gasteiger partial charge in [0.1, 0.15) is 11.5 Å². The maximum absolute atomic E-state index is 11.8. The Morgan fingerprint density at radius 1 is 1.44 bits per heavy atom. The summed E-state index contributed by atoms with van der Waals surface area (Å²) in [5.41, 5.74) is 5.20. The number of β-amino-alcohol motifs (C(OH)–C–C–N with tert-alkyl or cyclic N) is 1. The van der Waals surface area contributed by atoms with Gasteiger partial charge < -0.3 is 15.7 Å². The second-order valence-electron chi connectivity index (χ2n) is 5.06. The molecule has 1 aliphatic heterocycles. The fourth-order valence-corrected chi connectivity index (χ4v) is 2.07. The molecule has 0 saturated carbocycles. The second kappa shape index (κ2) is 4.49. The number of aromatic nitrogens is 2. The van der Waals surface area contributed by atoms with Crippen molar-refractivity contribution in [1.82, 2.24) is 9.55 Å². The molecule has 0 spiro atoms. The highest BCUT2D eigenvalue weighted by Gasteiger charge is 2.29. The predicted octanol–water partition coefficient (Wildman–Crippen LogP) is -1.04. The van der Waals surface area contributed by atoms with Crippen LogP contribution in [-0.4, -0.2) is 33.9 Å². The van der Waals surface area contributed by atoms with Crippen LogP contribution in [0.2, 0.25) is 0 Å². The normalized spacial score (nSPS) is 16.1. The summed E-state index contributed by atoms with van der Waals surface area (Å²) >= 11 is 0. The van der Waals surface area contributed by atoms with Gasteiger partial charge in [-0.05, 0) is 5.92 Å². The molecular formula is C11H18N4O3. The highest BCUT2D eigenvalue weighted by atomic mass is 16.3. The van der Waals surface area contributed by atoms with Crippen LogP contribution >= 0.6 is 0 Å². The first-order chi connectivity index (χ1) is 8.40. The molecule has 0 unspecified atom stereocenters. The van der Waals surface area contributed by atoms with Gasteiger partial charge in [-0.3, -0.25) is 14.3 Å². The standard InChI is InChI=1S/C11H18N4O3/c1-6(2)3-15-9(12)8(10(17)13-11(15)18)14-4-7(16)5-14/h6-7,16H,3-5,12H2,1-2H3,(H,13,17,18). The Kier molecular flexibility index (Phi) is 3.16. The minimum Gasteiger partial charge on any atom is -0.389 e. The molecule has 7 heteroatoms. The molecule has 1 aromatic rings. The van der Waals surface area contributed by atoms with Gasteiger partial charge in [0.2, 0.25) is 0 Å². The van der Waals surface area contributed by atoms with E-state index in [1.807, 2.05) is 13.8 Å². The van der Waals surface area contributed by atoms with Crippen molar-refractivity contribution in [3.05, 3.63) is 20.8 Å². The molecule has 1 saturated heterocycles. The molecule has 100 valence electrons. The average Bonchev–Trinajstić information content (AvgIpc) is 2.21. The Hall–Kier alpha value is -1.76. The quantitative estimate of drug-likeness (QED) is 0.639. The van der Waals surface area contributed by atoms with E-state index in [0.717, 1.165) is 0 Å². The Labute approximate surface area is 104 Å². The molecule has 4 N–H and O–H groups in total. The Balaban J connectivity index is 2.47. The van der Waals surface area contributed by atoms with Gasteiger partial charge in [0.25, 0.3) is 5.56 Å². The zero-order chi connectivity index (χ0) is 13.4. The van der Waals surface area contributed by atoms with E-state index in [1.54, 1.807) is 4.90 Å². The number of anilines is 2. The van der Waals surface area contributed by atoms with E-state index in [4.69, 9.17) is 5.73 Å². The van der Waals surface area contributed by atoms with Gasteiger partial charge in [0.15, 0.2) is 0 Å². The van der Waals surface area contributed by atoms with Crippen LogP contribution in [0.4, 0.5) is 11.5 Å². The van der Waals surface area contributed by atoms with Crippen LogP contribution in [0.25, 0.3) is 0 Å². The fraction of sp³-hybridized carbons (Fsp3) is 0.636. The fourth-order valence-electron chi connectivity index (χ4n) is 2.07. The summed E-state index contributed by atoms with van der Waals surface area (Å²) < 4.78 is 1.37. The number of aromatic amines is 1. The van der Waals surface area contributed by atoms with E-state index >= 15 is 0 Å². The summed E-state index contributed by atoms with van der Waals surface area (Å²) in [6.45, 7) is 5.11. The highest BCUT2D eigenvalue weighted by Crippen LogP contribution is 2.22. The van der Waals surface area contributed by atoms with Crippen LogP contribution in [0.5, 0.6) is 0 Å². The predicted molar refractivity (Wildman–Crippen MR) is 68.8 cm³/mol. The zero-order valence-electron chi connectivity index (χ0n) is 10.5. The molecule has 0 bridgehead atoms. The molecule has 1 aromatic heterocycles. The van der Waals surface area contributed by atoms with Crippen LogP contribution in [0.3, 0.4) is 0 Å². The lowest BCUT2D eigenvalue weighted by Crippen LogP contribution is -2.54. The van der Waals surface area contributed by atoms with Gasteiger partial charge in [-0.25, -0.2) is 4.79 Å². The van der Waals surface area contributed by atoms with Crippen molar-refractivity contribution in [2.75, 3.05) is 23.7 Å². The number of hydrogen-bond donors (Lipinski definition) is 3. The number of nitrogen functional groups attached to an aromatic ring is 1. The van der Waals surface area contributed by atoms with Gasteiger partial charge in [-0.1, -0.05) is 13.8 Å². The number of H-pyrrole nitrogens is 1. The third kappa shape index (κ3) is 2.13. The largest absolute Gasteiger partial charge is 0.389 e. The maximum atomic E-state index is 11.8. The molecule has 0 aromatic carbocycles. The molecule has 18 heavy (non-hydrogen) atoms. The van der Waals surface area contributed by atoms with E-state index in [0.29, 0.717) is 19.6 Å². The smallest absolute Gasteiger partial charge is 0.330 e. The summed E-state index contributed by atoms with van der Waals surface area (Å²) in [7, 11) is 0. The van der Waals surface area contributed by atoms with E-state index in [2.05, 4.69) is 4.98 Å². The Morgan fingerprint density at radius 2 is 2.06 bits per heavy atom. The van der Waals surface area contributed by atoms with Crippen LogP contribution in [0, 0.1) is 5.92 Å². The summed E-state index contributed by atoms with van der Waals surface area (Å²) in [4.78, 5) is 27.4. The van der Waals surface area contributed by atoms with Crippen molar-refractivity contribution in [2.45, 2.75) is 26.5 Å². The van der Waals surface area contributed by atoms with Crippen LogP contribution < -0.4 is 21.9 Å². The van der Waals surface area contributed by atoms with Crippen molar-refractivity contribution in [1.29, 1.82) is 0 Å². The number of nitrogens with two attached hydrogens (primary N) is 1. The lowest BCUT2D eigenvalue weighted by molar-refractivity contribution is 0.141. The first-order valence-electron chi connectivity index (χ1n) is 5.95. The molecule has 0 aliphatic carbocycles. The van der Waals surface area contributed by atoms with E-state index in [1.165, 1.54) is 4.57 Å². The molecule has 0 atom stereocenters. The minimum atomic E-state index is -0.496. The number of aliphatic hydroxyl groups excluding tert-OH is 1. The first kappa shape index (κ1) is 12.7. The topological polar surface area (TPSA) is 104 Å². The molecule has 0 radical (unpaired) electrons. The molecular weight excluding hydrogens is 236 g/mol. The average molecular weight is 254 g/mol. The maximum Gasteiger partial charge on any atom is 0.330 e. The third-order valence-corrected chi connectivity index (χ3v) is 2.94. The number of rotatable bonds is 3. The summed E-state index contributed by atoms with van der Waals surface area (Å²) in [6.07, 6.45) is -0.436. The van der Waals surface area contributed by atoms with Gasteiger partial charge >= 0.3 is 5.69 Å². The minimum absolute atomic E-state index is 0.171. The Bertz CT molecular complexity index is 554. The third-order valence-electron chi connectivity index (χ3n) is 2.94. The number of nitrogens with zero attached hydrogens (tertiary/aromatic N) is 2. The van der Waals surface area contributed by atoms with Crippen LogP contribution in [0.15, 0.2) is 9.59 Å². The summed E-state index contributed by atoms with van der Waals surface area (Å²) in [6, 6.07) is 0. The van der Waals surface area contributed by atoms with Crippen molar-refractivity contribution in [2.24, 2.45) is 5.92 Å². The second-order valence-corrected chi connectivity index (χ2v) is 5.06.